The Balaban J connectivity index is 1.73. The number of nitrogens with zero attached hydrogens (tertiary/aromatic N) is 1. The van der Waals surface area contributed by atoms with Gasteiger partial charge in [-0.2, -0.15) is 0 Å². The van der Waals surface area contributed by atoms with Crippen molar-refractivity contribution < 1.29 is 23.7 Å². The van der Waals surface area contributed by atoms with E-state index < -0.39 is 5.82 Å². The fourth-order valence-electron chi connectivity index (χ4n) is 1.89. The van der Waals surface area contributed by atoms with Gasteiger partial charge in [0.15, 0.2) is 11.5 Å². The van der Waals surface area contributed by atoms with E-state index in [-0.39, 0.29) is 25.9 Å². The second-order valence-electron chi connectivity index (χ2n) is 4.25. The molecule has 2 heterocycles. The first-order valence-electron chi connectivity index (χ1n) is 6.03. The predicted molar refractivity (Wildman–Crippen MR) is 67.0 cm³/mol. The Morgan fingerprint density at radius 3 is 2.95 bits per heavy atom. The zero-order valence-corrected chi connectivity index (χ0v) is 10.5. The van der Waals surface area contributed by atoms with Gasteiger partial charge >= 0.3 is 0 Å². The van der Waals surface area contributed by atoms with Crippen LogP contribution < -0.4 is 14.2 Å². The van der Waals surface area contributed by atoms with Gasteiger partial charge in [-0.15, -0.1) is 0 Å². The Kier molecular flexibility index (Phi) is 3.39. The summed E-state index contributed by atoms with van der Waals surface area (Å²) in [6.07, 6.45) is 1.05. The molecule has 3 rings (SSSR count). The van der Waals surface area contributed by atoms with E-state index in [0.29, 0.717) is 17.1 Å². The van der Waals surface area contributed by atoms with Crippen molar-refractivity contribution in [3.8, 4) is 17.4 Å². The molecule has 1 N–H and O–H groups in total. The number of halogens is 1. The molecule has 0 amide bonds. The topological polar surface area (TPSA) is 60.8 Å². The molecule has 20 heavy (non-hydrogen) atoms. The van der Waals surface area contributed by atoms with E-state index in [1.165, 1.54) is 6.07 Å². The number of hydrogen-bond acceptors (Lipinski definition) is 5. The molecule has 0 bridgehead atoms. The van der Waals surface area contributed by atoms with Gasteiger partial charge in [0.1, 0.15) is 12.4 Å². The molecule has 0 fully saturated rings. The third kappa shape index (κ3) is 2.50. The summed E-state index contributed by atoms with van der Waals surface area (Å²) >= 11 is 0. The highest BCUT2D eigenvalue weighted by molar-refractivity contribution is 5.44. The summed E-state index contributed by atoms with van der Waals surface area (Å²) in [5.74, 6) is 1.07. The molecule has 1 aromatic heterocycles. The maximum atomic E-state index is 13.0. The van der Waals surface area contributed by atoms with Gasteiger partial charge in [0.2, 0.25) is 12.7 Å². The van der Waals surface area contributed by atoms with Crippen molar-refractivity contribution in [1.82, 2.24) is 4.98 Å². The molecule has 1 aliphatic rings. The Morgan fingerprint density at radius 2 is 2.10 bits per heavy atom. The third-order valence-corrected chi connectivity index (χ3v) is 2.87. The van der Waals surface area contributed by atoms with Crippen molar-refractivity contribution in [2.24, 2.45) is 0 Å². The highest BCUT2D eigenvalue weighted by Crippen LogP contribution is 2.32. The van der Waals surface area contributed by atoms with Crippen LogP contribution in [0.5, 0.6) is 17.4 Å². The van der Waals surface area contributed by atoms with E-state index in [2.05, 4.69) is 4.98 Å². The predicted octanol–water partition coefficient (Wildman–Crippen LogP) is 2.02. The molecular formula is C14H12FNO4. The van der Waals surface area contributed by atoms with Gasteiger partial charge in [0.05, 0.1) is 12.8 Å². The minimum absolute atomic E-state index is 0.214. The van der Waals surface area contributed by atoms with Gasteiger partial charge in [-0.3, -0.25) is 0 Å². The zero-order valence-electron chi connectivity index (χ0n) is 10.5. The minimum Gasteiger partial charge on any atom is -0.473 e. The largest absolute Gasteiger partial charge is 0.473 e. The van der Waals surface area contributed by atoms with Gasteiger partial charge in [-0.05, 0) is 23.8 Å². The first-order valence-corrected chi connectivity index (χ1v) is 6.03. The van der Waals surface area contributed by atoms with Crippen molar-refractivity contribution >= 4 is 0 Å². The summed E-state index contributed by atoms with van der Waals surface area (Å²) in [5, 5.41) is 9.14. The molecule has 104 valence electrons. The molecule has 0 saturated carbocycles. The monoisotopic (exact) mass is 277 g/mol. The van der Waals surface area contributed by atoms with Crippen LogP contribution in [0, 0.1) is 5.82 Å². The fraction of sp³-hybridized carbons (Fsp3) is 0.214. The normalized spacial score (nSPS) is 12.5. The number of aliphatic hydroxyl groups excluding tert-OH is 1. The summed E-state index contributed by atoms with van der Waals surface area (Å²) in [7, 11) is 0. The van der Waals surface area contributed by atoms with Crippen molar-refractivity contribution in [1.29, 1.82) is 0 Å². The van der Waals surface area contributed by atoms with Crippen molar-refractivity contribution in [2.45, 2.75) is 13.2 Å². The number of rotatable bonds is 4. The van der Waals surface area contributed by atoms with E-state index in [4.69, 9.17) is 19.3 Å². The lowest BCUT2D eigenvalue weighted by Gasteiger charge is -2.09. The molecule has 0 unspecified atom stereocenters. The summed E-state index contributed by atoms with van der Waals surface area (Å²) in [6.45, 7) is 0.122. The molecular weight excluding hydrogens is 265 g/mol. The van der Waals surface area contributed by atoms with Gasteiger partial charge in [0.25, 0.3) is 0 Å². The van der Waals surface area contributed by atoms with Crippen molar-refractivity contribution in [3.63, 3.8) is 0 Å². The Hall–Kier alpha value is -2.34. The number of pyridine rings is 1. The van der Waals surface area contributed by atoms with Crippen LogP contribution >= 0.6 is 0 Å². The Morgan fingerprint density at radius 1 is 1.25 bits per heavy atom. The Labute approximate surface area is 114 Å². The SMILES string of the molecule is OCc1cc(F)cnc1OCc1ccc2c(c1)OCO2. The molecule has 0 radical (unpaired) electrons. The lowest BCUT2D eigenvalue weighted by atomic mass is 10.2. The standard InChI is InChI=1S/C14H12FNO4/c15-11-4-10(6-17)14(16-5-11)18-7-9-1-2-12-13(3-9)20-8-19-12/h1-5,17H,6-8H2. The third-order valence-electron chi connectivity index (χ3n) is 2.87. The number of benzene rings is 1. The quantitative estimate of drug-likeness (QED) is 0.926. The average Bonchev–Trinajstić information content (AvgIpc) is 2.93. The highest BCUT2D eigenvalue weighted by atomic mass is 19.1. The average molecular weight is 277 g/mol. The lowest BCUT2D eigenvalue weighted by molar-refractivity contribution is 0.174. The second kappa shape index (κ2) is 5.34. The summed E-state index contributed by atoms with van der Waals surface area (Å²) < 4.78 is 29.0. The minimum atomic E-state index is -0.510. The van der Waals surface area contributed by atoms with E-state index in [0.717, 1.165) is 11.8 Å². The molecule has 1 aliphatic heterocycles. The van der Waals surface area contributed by atoms with E-state index in [1.54, 1.807) is 6.07 Å². The van der Waals surface area contributed by atoms with Crippen LogP contribution in [0.2, 0.25) is 0 Å². The smallest absolute Gasteiger partial charge is 0.231 e. The molecule has 5 nitrogen and oxygen atoms in total. The molecule has 0 spiro atoms. The number of aromatic nitrogens is 1. The summed E-state index contributed by atoms with van der Waals surface area (Å²) in [5.41, 5.74) is 1.18. The summed E-state index contributed by atoms with van der Waals surface area (Å²) in [4.78, 5) is 3.82. The van der Waals surface area contributed by atoms with Crippen molar-refractivity contribution in [2.75, 3.05) is 6.79 Å². The summed E-state index contributed by atoms with van der Waals surface area (Å²) in [6, 6.07) is 6.65. The van der Waals surface area contributed by atoms with Crippen LogP contribution in [0.4, 0.5) is 4.39 Å². The van der Waals surface area contributed by atoms with Crippen LogP contribution in [-0.2, 0) is 13.2 Å². The maximum Gasteiger partial charge on any atom is 0.231 e. The molecule has 2 aromatic rings. The molecule has 1 aromatic carbocycles. The molecule has 6 heteroatoms. The first kappa shape index (κ1) is 12.7. The lowest BCUT2D eigenvalue weighted by Crippen LogP contribution is -2.01. The number of hydrogen-bond donors (Lipinski definition) is 1. The van der Waals surface area contributed by atoms with Crippen LogP contribution in [0.15, 0.2) is 30.5 Å². The van der Waals surface area contributed by atoms with E-state index in [9.17, 15) is 4.39 Å². The number of aliphatic hydroxyl groups is 1. The van der Waals surface area contributed by atoms with E-state index in [1.807, 2.05) is 12.1 Å². The van der Waals surface area contributed by atoms with Gasteiger partial charge in [0, 0.05) is 5.56 Å². The number of ether oxygens (including phenoxy) is 3. The Bertz CT molecular complexity index is 633. The molecule has 0 aliphatic carbocycles. The van der Waals surface area contributed by atoms with Crippen molar-refractivity contribution in [3.05, 3.63) is 47.4 Å². The first-order chi connectivity index (χ1) is 9.76. The zero-order chi connectivity index (χ0) is 13.9. The van der Waals surface area contributed by atoms with Gasteiger partial charge < -0.3 is 19.3 Å². The number of fused-ring (bicyclic) bond motifs is 1. The second-order valence-corrected chi connectivity index (χ2v) is 4.25. The molecule has 0 atom stereocenters. The van der Waals surface area contributed by atoms with Crippen LogP contribution in [0.3, 0.4) is 0 Å². The van der Waals surface area contributed by atoms with Gasteiger partial charge in [-0.25, -0.2) is 9.37 Å². The maximum absolute atomic E-state index is 13.0. The van der Waals surface area contributed by atoms with Crippen LogP contribution in [0.1, 0.15) is 11.1 Å². The highest BCUT2D eigenvalue weighted by Gasteiger charge is 2.14. The van der Waals surface area contributed by atoms with Crippen LogP contribution in [-0.4, -0.2) is 16.9 Å². The van der Waals surface area contributed by atoms with Crippen LogP contribution in [0.25, 0.3) is 0 Å². The van der Waals surface area contributed by atoms with Gasteiger partial charge in [-0.1, -0.05) is 6.07 Å². The fourth-order valence-corrected chi connectivity index (χ4v) is 1.89. The molecule has 0 saturated heterocycles. The van der Waals surface area contributed by atoms with E-state index >= 15 is 0 Å².